The SMILES string of the molecule is CCCCCCCCCC(=O)NCCN(CC(=O)O)C(O)CO. The molecule has 136 valence electrons. The fourth-order valence-corrected chi connectivity index (χ4v) is 2.29. The van der Waals surface area contributed by atoms with E-state index in [0.29, 0.717) is 6.42 Å². The standard InChI is InChI=1S/C16H32N2O5/c1-2-3-4-5-6-7-8-9-14(20)17-10-11-18(12-16(22)23)15(21)13-19/h15,19,21H,2-13H2,1H3,(H,17,20)(H,22,23). The van der Waals surface area contributed by atoms with Gasteiger partial charge in [-0.1, -0.05) is 45.4 Å². The molecule has 0 aliphatic heterocycles. The van der Waals surface area contributed by atoms with Gasteiger partial charge in [0, 0.05) is 19.5 Å². The summed E-state index contributed by atoms with van der Waals surface area (Å²) in [5, 5.41) is 29.8. The van der Waals surface area contributed by atoms with Crippen LogP contribution in [0.25, 0.3) is 0 Å². The minimum Gasteiger partial charge on any atom is -0.480 e. The summed E-state index contributed by atoms with van der Waals surface area (Å²) in [6.07, 6.45) is 7.28. The van der Waals surface area contributed by atoms with Gasteiger partial charge in [0.25, 0.3) is 0 Å². The molecule has 23 heavy (non-hydrogen) atoms. The van der Waals surface area contributed by atoms with Gasteiger partial charge in [0.2, 0.25) is 5.91 Å². The Morgan fingerprint density at radius 1 is 1.09 bits per heavy atom. The number of nitrogens with zero attached hydrogens (tertiary/aromatic N) is 1. The summed E-state index contributed by atoms with van der Waals surface area (Å²) in [4.78, 5) is 23.5. The van der Waals surface area contributed by atoms with E-state index in [-0.39, 0.29) is 25.5 Å². The highest BCUT2D eigenvalue weighted by Crippen LogP contribution is 2.08. The molecule has 0 rings (SSSR count). The average molecular weight is 332 g/mol. The number of carbonyl (C=O) groups excluding carboxylic acids is 1. The Kier molecular flexibility index (Phi) is 13.7. The topological polar surface area (TPSA) is 110 Å². The molecule has 0 heterocycles. The van der Waals surface area contributed by atoms with Gasteiger partial charge >= 0.3 is 5.97 Å². The summed E-state index contributed by atoms with van der Waals surface area (Å²) in [6, 6.07) is 0. The van der Waals surface area contributed by atoms with Crippen LogP contribution in [0.15, 0.2) is 0 Å². The average Bonchev–Trinajstić information content (AvgIpc) is 2.52. The zero-order chi connectivity index (χ0) is 17.5. The lowest BCUT2D eigenvalue weighted by atomic mass is 10.1. The number of aliphatic hydroxyl groups excluding tert-OH is 2. The summed E-state index contributed by atoms with van der Waals surface area (Å²) in [5.41, 5.74) is 0. The molecule has 7 heteroatoms. The van der Waals surface area contributed by atoms with E-state index in [0.717, 1.165) is 19.3 Å². The van der Waals surface area contributed by atoms with Crippen LogP contribution in [0.5, 0.6) is 0 Å². The number of carbonyl (C=O) groups is 2. The third-order valence-electron chi connectivity index (χ3n) is 3.65. The molecule has 0 saturated carbocycles. The smallest absolute Gasteiger partial charge is 0.317 e. The van der Waals surface area contributed by atoms with Gasteiger partial charge < -0.3 is 20.6 Å². The second-order valence-electron chi connectivity index (χ2n) is 5.75. The summed E-state index contributed by atoms with van der Waals surface area (Å²) >= 11 is 0. The van der Waals surface area contributed by atoms with Gasteiger partial charge in [-0.15, -0.1) is 0 Å². The predicted molar refractivity (Wildman–Crippen MR) is 87.9 cm³/mol. The van der Waals surface area contributed by atoms with E-state index in [1.165, 1.54) is 30.6 Å². The molecule has 1 atom stereocenters. The van der Waals surface area contributed by atoms with Crippen LogP contribution in [0.2, 0.25) is 0 Å². The van der Waals surface area contributed by atoms with Crippen molar-refractivity contribution >= 4 is 11.9 Å². The molecule has 0 fully saturated rings. The first-order valence-corrected chi connectivity index (χ1v) is 8.52. The number of hydrogen-bond acceptors (Lipinski definition) is 5. The fourth-order valence-electron chi connectivity index (χ4n) is 2.29. The van der Waals surface area contributed by atoms with Crippen molar-refractivity contribution in [2.24, 2.45) is 0 Å². The molecule has 0 saturated heterocycles. The first-order chi connectivity index (χ1) is 11.0. The molecule has 0 aromatic heterocycles. The van der Waals surface area contributed by atoms with Crippen LogP contribution in [0.3, 0.4) is 0 Å². The van der Waals surface area contributed by atoms with Crippen molar-refractivity contribution in [3.05, 3.63) is 0 Å². The van der Waals surface area contributed by atoms with Crippen LogP contribution in [0.4, 0.5) is 0 Å². The largest absolute Gasteiger partial charge is 0.480 e. The molecule has 0 radical (unpaired) electrons. The molecule has 0 aromatic rings. The highest BCUT2D eigenvalue weighted by Gasteiger charge is 2.17. The molecular weight excluding hydrogens is 300 g/mol. The third-order valence-corrected chi connectivity index (χ3v) is 3.65. The Morgan fingerprint density at radius 3 is 2.26 bits per heavy atom. The Hall–Kier alpha value is -1.18. The predicted octanol–water partition coefficient (Wildman–Crippen LogP) is 0.941. The summed E-state index contributed by atoms with van der Waals surface area (Å²) < 4.78 is 0. The van der Waals surface area contributed by atoms with Crippen LogP contribution in [0, 0.1) is 0 Å². The van der Waals surface area contributed by atoms with Gasteiger partial charge in [0.1, 0.15) is 6.23 Å². The maximum absolute atomic E-state index is 11.7. The van der Waals surface area contributed by atoms with Crippen LogP contribution in [-0.2, 0) is 9.59 Å². The van der Waals surface area contributed by atoms with Crippen LogP contribution in [-0.4, -0.2) is 64.6 Å². The van der Waals surface area contributed by atoms with Crippen LogP contribution < -0.4 is 5.32 Å². The highest BCUT2D eigenvalue weighted by molar-refractivity contribution is 5.75. The van der Waals surface area contributed by atoms with Crippen molar-refractivity contribution in [3.8, 4) is 0 Å². The van der Waals surface area contributed by atoms with E-state index in [4.69, 9.17) is 10.2 Å². The fraction of sp³-hybridized carbons (Fsp3) is 0.875. The molecule has 1 unspecified atom stereocenters. The zero-order valence-corrected chi connectivity index (χ0v) is 14.2. The number of aliphatic carboxylic acids is 1. The molecule has 0 spiro atoms. The maximum atomic E-state index is 11.7. The van der Waals surface area contributed by atoms with Crippen molar-refractivity contribution < 1.29 is 24.9 Å². The Bertz CT molecular complexity index is 326. The number of nitrogens with one attached hydrogen (secondary N) is 1. The molecular formula is C16H32N2O5. The van der Waals surface area contributed by atoms with Gasteiger partial charge in [-0.25, -0.2) is 0 Å². The normalized spacial score (nSPS) is 12.3. The Balaban J connectivity index is 3.72. The molecule has 7 nitrogen and oxygen atoms in total. The minimum atomic E-state index is -1.23. The van der Waals surface area contributed by atoms with Gasteiger partial charge in [0.15, 0.2) is 0 Å². The van der Waals surface area contributed by atoms with Crippen LogP contribution in [0.1, 0.15) is 58.3 Å². The summed E-state index contributed by atoms with van der Waals surface area (Å²) in [7, 11) is 0. The van der Waals surface area contributed by atoms with E-state index in [1.54, 1.807) is 0 Å². The number of amides is 1. The molecule has 0 aliphatic rings. The summed E-state index contributed by atoms with van der Waals surface area (Å²) in [6.45, 7) is 1.69. The number of carboxylic acids is 1. The number of aliphatic hydroxyl groups is 2. The Labute approximate surface area is 138 Å². The summed E-state index contributed by atoms with van der Waals surface area (Å²) in [5.74, 6) is -1.15. The van der Waals surface area contributed by atoms with Gasteiger partial charge in [-0.05, 0) is 6.42 Å². The lowest BCUT2D eigenvalue weighted by molar-refractivity contribution is -0.142. The van der Waals surface area contributed by atoms with Crippen molar-refractivity contribution in [2.45, 2.75) is 64.5 Å². The van der Waals surface area contributed by atoms with Gasteiger partial charge in [-0.2, -0.15) is 0 Å². The number of rotatable bonds is 15. The molecule has 0 bridgehead atoms. The number of unbranched alkanes of at least 4 members (excludes halogenated alkanes) is 6. The monoisotopic (exact) mass is 332 g/mol. The molecule has 0 aromatic carbocycles. The van der Waals surface area contributed by atoms with Crippen molar-refractivity contribution in [2.75, 3.05) is 26.2 Å². The highest BCUT2D eigenvalue weighted by atomic mass is 16.4. The number of carboxylic acid groups (broad SMARTS) is 1. The number of hydrogen-bond donors (Lipinski definition) is 4. The van der Waals surface area contributed by atoms with E-state index in [1.807, 2.05) is 0 Å². The lowest BCUT2D eigenvalue weighted by Gasteiger charge is -2.24. The molecule has 4 N–H and O–H groups in total. The van der Waals surface area contributed by atoms with Crippen molar-refractivity contribution in [3.63, 3.8) is 0 Å². The lowest BCUT2D eigenvalue weighted by Crippen LogP contribution is -2.45. The quantitative estimate of drug-likeness (QED) is 0.262. The van der Waals surface area contributed by atoms with E-state index >= 15 is 0 Å². The Morgan fingerprint density at radius 2 is 1.70 bits per heavy atom. The maximum Gasteiger partial charge on any atom is 0.317 e. The molecule has 1 amide bonds. The van der Waals surface area contributed by atoms with E-state index in [9.17, 15) is 14.7 Å². The zero-order valence-electron chi connectivity index (χ0n) is 14.2. The van der Waals surface area contributed by atoms with Crippen molar-refractivity contribution in [1.29, 1.82) is 0 Å². The first kappa shape index (κ1) is 21.8. The first-order valence-electron chi connectivity index (χ1n) is 8.52. The second kappa shape index (κ2) is 14.4. The minimum absolute atomic E-state index is 0.0627. The molecule has 0 aliphatic carbocycles. The third kappa shape index (κ3) is 13.0. The van der Waals surface area contributed by atoms with Gasteiger partial charge in [-0.3, -0.25) is 14.5 Å². The van der Waals surface area contributed by atoms with Crippen molar-refractivity contribution in [1.82, 2.24) is 10.2 Å². The van der Waals surface area contributed by atoms with Gasteiger partial charge in [0.05, 0.1) is 13.2 Å². The van der Waals surface area contributed by atoms with E-state index in [2.05, 4.69) is 12.2 Å². The van der Waals surface area contributed by atoms with Crippen LogP contribution >= 0.6 is 0 Å². The van der Waals surface area contributed by atoms with E-state index < -0.39 is 18.8 Å². The second-order valence-corrected chi connectivity index (χ2v) is 5.75.